The summed E-state index contributed by atoms with van der Waals surface area (Å²) in [5, 5.41) is 9.62. The fourth-order valence-electron chi connectivity index (χ4n) is 2.92. The Morgan fingerprint density at radius 2 is 2.16 bits per heavy atom. The van der Waals surface area contributed by atoms with Gasteiger partial charge >= 0.3 is 4.87 Å². The fourth-order valence-corrected chi connectivity index (χ4v) is 3.58. The molecular weight excluding hydrogens is 420 g/mol. The molecule has 0 aliphatic carbocycles. The smallest absolute Gasteiger partial charge is 0.307 e. The van der Waals surface area contributed by atoms with Gasteiger partial charge in [-0.15, -0.1) is 0 Å². The summed E-state index contributed by atoms with van der Waals surface area (Å²) in [5.41, 5.74) is 1.66. The quantitative estimate of drug-likeness (QED) is 0.414. The number of nitrogens with zero attached hydrogens (tertiary/aromatic N) is 1. The first kappa shape index (κ1) is 20.5. The van der Waals surface area contributed by atoms with Gasteiger partial charge in [-0.1, -0.05) is 23.5 Å². The van der Waals surface area contributed by atoms with Gasteiger partial charge in [-0.25, -0.2) is 4.98 Å². The molecule has 0 amide bonds. The SMILES string of the molecule is COc1cc(C/C=C/c2sc(=O)[nH]c2O)ccc1OCc1nc(-c2ccco2)oc1C. The zero-order chi connectivity index (χ0) is 21.8. The summed E-state index contributed by atoms with van der Waals surface area (Å²) in [6.07, 6.45) is 5.73. The maximum absolute atomic E-state index is 11.2. The van der Waals surface area contributed by atoms with Crippen molar-refractivity contribution in [2.45, 2.75) is 20.0 Å². The maximum Gasteiger partial charge on any atom is 0.307 e. The molecule has 4 aromatic rings. The second-order valence-electron chi connectivity index (χ2n) is 6.61. The van der Waals surface area contributed by atoms with E-state index in [-0.39, 0.29) is 17.4 Å². The van der Waals surface area contributed by atoms with Crippen LogP contribution < -0.4 is 14.3 Å². The molecule has 0 unspecified atom stereocenters. The molecule has 0 radical (unpaired) electrons. The second kappa shape index (κ2) is 8.97. The summed E-state index contributed by atoms with van der Waals surface area (Å²) < 4.78 is 22.3. The van der Waals surface area contributed by atoms with E-state index in [9.17, 15) is 9.90 Å². The molecule has 0 atom stereocenters. The normalized spacial score (nSPS) is 11.3. The first-order valence-electron chi connectivity index (χ1n) is 9.42. The summed E-state index contributed by atoms with van der Waals surface area (Å²) in [7, 11) is 1.58. The molecule has 8 nitrogen and oxygen atoms in total. The monoisotopic (exact) mass is 440 g/mol. The number of aromatic amines is 1. The van der Waals surface area contributed by atoms with Crippen LogP contribution in [0, 0.1) is 6.92 Å². The molecule has 0 aliphatic heterocycles. The van der Waals surface area contributed by atoms with Crippen LogP contribution in [0.25, 0.3) is 17.7 Å². The zero-order valence-corrected chi connectivity index (χ0v) is 17.7. The number of allylic oxidation sites excluding steroid dienone is 1. The Kier molecular flexibility index (Phi) is 5.94. The van der Waals surface area contributed by atoms with E-state index in [1.54, 1.807) is 31.6 Å². The highest BCUT2D eigenvalue weighted by molar-refractivity contribution is 7.10. The van der Waals surface area contributed by atoms with Crippen LogP contribution in [0.2, 0.25) is 0 Å². The number of methoxy groups -OCH3 is 1. The molecule has 0 fully saturated rings. The van der Waals surface area contributed by atoms with Crippen LogP contribution >= 0.6 is 11.3 Å². The number of thiazole rings is 1. The molecule has 0 aliphatic rings. The second-order valence-corrected chi connectivity index (χ2v) is 7.62. The van der Waals surface area contributed by atoms with Gasteiger partial charge in [-0.3, -0.25) is 9.78 Å². The van der Waals surface area contributed by atoms with Gasteiger partial charge in [-0.2, -0.15) is 0 Å². The number of furan rings is 1. The van der Waals surface area contributed by atoms with Crippen molar-refractivity contribution in [1.82, 2.24) is 9.97 Å². The number of oxazole rings is 1. The lowest BCUT2D eigenvalue weighted by Crippen LogP contribution is -2.00. The van der Waals surface area contributed by atoms with Crippen molar-refractivity contribution in [2.24, 2.45) is 0 Å². The third-order valence-corrected chi connectivity index (χ3v) is 5.33. The molecular formula is C22H20N2O6S. The average Bonchev–Trinajstić information content (AvgIpc) is 3.48. The predicted molar refractivity (Wildman–Crippen MR) is 116 cm³/mol. The van der Waals surface area contributed by atoms with Crippen LogP contribution in [0.5, 0.6) is 17.4 Å². The number of hydrogen-bond acceptors (Lipinski definition) is 8. The number of benzene rings is 1. The minimum absolute atomic E-state index is 0.120. The topological polar surface area (TPSA) is 111 Å². The molecule has 31 heavy (non-hydrogen) atoms. The Labute approximate surface area is 181 Å². The van der Waals surface area contributed by atoms with Gasteiger partial charge < -0.3 is 23.4 Å². The first-order chi connectivity index (χ1) is 15.0. The van der Waals surface area contributed by atoms with Gasteiger partial charge in [0, 0.05) is 0 Å². The first-order valence-corrected chi connectivity index (χ1v) is 10.2. The van der Waals surface area contributed by atoms with Gasteiger partial charge in [0.1, 0.15) is 18.1 Å². The summed E-state index contributed by atoms with van der Waals surface area (Å²) >= 11 is 0.954. The van der Waals surface area contributed by atoms with Crippen molar-refractivity contribution in [3.05, 3.63) is 74.2 Å². The number of aryl methyl sites for hydroxylation is 1. The minimum atomic E-state index is -0.293. The lowest BCUT2D eigenvalue weighted by atomic mass is 10.1. The molecule has 0 saturated heterocycles. The van der Waals surface area contributed by atoms with Gasteiger partial charge in [0.05, 0.1) is 18.3 Å². The third-order valence-electron chi connectivity index (χ3n) is 4.50. The lowest BCUT2D eigenvalue weighted by Gasteiger charge is -2.11. The van der Waals surface area contributed by atoms with Crippen molar-refractivity contribution in [3.8, 4) is 29.0 Å². The molecule has 1 aromatic carbocycles. The highest BCUT2D eigenvalue weighted by atomic mass is 32.1. The Morgan fingerprint density at radius 1 is 1.29 bits per heavy atom. The van der Waals surface area contributed by atoms with E-state index in [4.69, 9.17) is 18.3 Å². The van der Waals surface area contributed by atoms with E-state index < -0.39 is 0 Å². The number of rotatable bonds is 8. The van der Waals surface area contributed by atoms with Crippen molar-refractivity contribution in [2.75, 3.05) is 7.11 Å². The van der Waals surface area contributed by atoms with Gasteiger partial charge in [0.2, 0.25) is 5.88 Å². The van der Waals surface area contributed by atoms with Gasteiger partial charge in [-0.05, 0) is 49.2 Å². The Balaban J connectivity index is 1.42. The molecule has 4 rings (SSSR count). The molecule has 3 aromatic heterocycles. The number of nitrogens with one attached hydrogen (secondary N) is 1. The van der Waals surface area contributed by atoms with E-state index in [2.05, 4.69) is 9.97 Å². The van der Waals surface area contributed by atoms with Crippen LogP contribution in [-0.2, 0) is 13.0 Å². The van der Waals surface area contributed by atoms with Crippen molar-refractivity contribution < 1.29 is 23.4 Å². The van der Waals surface area contributed by atoms with Crippen molar-refractivity contribution >= 4 is 17.4 Å². The predicted octanol–water partition coefficient (Wildman–Crippen LogP) is 4.54. The summed E-state index contributed by atoms with van der Waals surface area (Å²) in [6, 6.07) is 9.19. The fraction of sp³-hybridized carbons (Fsp3) is 0.182. The lowest BCUT2D eigenvalue weighted by molar-refractivity contribution is 0.279. The largest absolute Gasteiger partial charge is 0.493 e. The van der Waals surface area contributed by atoms with Crippen molar-refractivity contribution in [1.29, 1.82) is 0 Å². The highest BCUT2D eigenvalue weighted by Crippen LogP contribution is 2.30. The van der Waals surface area contributed by atoms with Crippen LogP contribution in [0.3, 0.4) is 0 Å². The Bertz CT molecular complexity index is 1250. The minimum Gasteiger partial charge on any atom is -0.493 e. The van der Waals surface area contributed by atoms with Gasteiger partial charge in [0.15, 0.2) is 17.3 Å². The van der Waals surface area contributed by atoms with Gasteiger partial charge in [0.25, 0.3) is 5.89 Å². The molecule has 0 saturated carbocycles. The van der Waals surface area contributed by atoms with Crippen LogP contribution in [0.4, 0.5) is 0 Å². The van der Waals surface area contributed by atoms with Crippen LogP contribution in [-0.4, -0.2) is 22.2 Å². The highest BCUT2D eigenvalue weighted by Gasteiger charge is 2.15. The zero-order valence-electron chi connectivity index (χ0n) is 16.9. The van der Waals surface area contributed by atoms with E-state index in [1.165, 1.54) is 0 Å². The molecule has 160 valence electrons. The molecule has 2 N–H and O–H groups in total. The summed E-state index contributed by atoms with van der Waals surface area (Å²) in [6.45, 7) is 2.04. The maximum atomic E-state index is 11.2. The standard InChI is InChI=1S/C22H20N2O6S/c1-13-15(23-21(30-13)17-6-4-10-28-17)12-29-16-9-8-14(11-18(16)27-2)5-3-7-19-20(25)24-22(26)31-19/h3-4,6-11,25H,5,12H2,1-2H3,(H,24,26)/b7-3+. The third kappa shape index (κ3) is 4.72. The summed E-state index contributed by atoms with van der Waals surface area (Å²) in [4.78, 5) is 18.2. The number of aromatic nitrogens is 2. The summed E-state index contributed by atoms with van der Waals surface area (Å²) in [5.74, 6) is 2.68. The number of hydrogen-bond donors (Lipinski definition) is 2. The molecule has 9 heteroatoms. The van der Waals surface area contributed by atoms with Crippen LogP contribution in [0.1, 0.15) is 21.9 Å². The van der Waals surface area contributed by atoms with E-state index in [0.717, 1.165) is 16.9 Å². The Hall–Kier alpha value is -3.72. The number of H-pyrrole nitrogens is 1. The van der Waals surface area contributed by atoms with E-state index in [0.29, 0.717) is 45.9 Å². The number of ether oxygens (including phenoxy) is 2. The average molecular weight is 440 g/mol. The van der Waals surface area contributed by atoms with E-state index in [1.807, 2.05) is 31.2 Å². The Morgan fingerprint density at radius 3 is 2.87 bits per heavy atom. The molecule has 0 bridgehead atoms. The van der Waals surface area contributed by atoms with Crippen molar-refractivity contribution in [3.63, 3.8) is 0 Å². The molecule has 0 spiro atoms. The van der Waals surface area contributed by atoms with Crippen LogP contribution in [0.15, 0.2) is 56.3 Å². The van der Waals surface area contributed by atoms with E-state index >= 15 is 0 Å². The number of aromatic hydroxyl groups is 1. The molecule has 3 heterocycles.